The van der Waals surface area contributed by atoms with Crippen LogP contribution < -0.4 is 5.32 Å². The molecule has 3 aromatic carbocycles. The molecule has 0 saturated carbocycles. The maximum absolute atomic E-state index is 14.7. The van der Waals surface area contributed by atoms with Gasteiger partial charge in [0.15, 0.2) is 12.0 Å². The number of amides is 1. The summed E-state index contributed by atoms with van der Waals surface area (Å²) in [6.07, 6.45) is 3.21. The van der Waals surface area contributed by atoms with Gasteiger partial charge < -0.3 is 14.8 Å². The summed E-state index contributed by atoms with van der Waals surface area (Å²) in [5.74, 6) is -5.93. The number of nitrogens with zero attached hydrogens (tertiary/aromatic N) is 1. The van der Waals surface area contributed by atoms with Crippen molar-refractivity contribution in [3.63, 3.8) is 0 Å². The van der Waals surface area contributed by atoms with Crippen LogP contribution in [0, 0.1) is 17.5 Å². The molecule has 34 heavy (non-hydrogen) atoms. The average Bonchev–Trinajstić information content (AvgIpc) is 3.25. The summed E-state index contributed by atoms with van der Waals surface area (Å²) in [5.41, 5.74) is 1.10. The number of benzene rings is 3. The number of carboxylic acids is 1. The molecule has 0 fully saturated rings. The van der Waals surface area contributed by atoms with Crippen molar-refractivity contribution < 1.29 is 32.3 Å². The topological polar surface area (TPSA) is 92.4 Å². The Hall–Kier alpha value is -4.11. The Bertz CT molecular complexity index is 1450. The molecule has 2 N–H and O–H groups in total. The van der Waals surface area contributed by atoms with E-state index in [4.69, 9.17) is 16.0 Å². The van der Waals surface area contributed by atoms with Crippen molar-refractivity contribution in [2.45, 2.75) is 5.92 Å². The van der Waals surface area contributed by atoms with E-state index in [0.717, 1.165) is 24.3 Å². The van der Waals surface area contributed by atoms with Crippen molar-refractivity contribution in [1.29, 1.82) is 0 Å². The standard InChI is InChI=1S/C24H14ClF3N2O4/c25-15-7-12(16(26)10-17(15)27)3-6-22(31)30-19-4-1-13(8-18(19)28)23(24(32)33)14-2-5-21-20(9-14)29-11-34-21/h1-11,23H,(H,30,31)(H,32,33). The largest absolute Gasteiger partial charge is 0.481 e. The number of nitrogens with one attached hydrogen (secondary N) is 1. The quantitative estimate of drug-likeness (QED) is 0.267. The third-order valence-electron chi connectivity index (χ3n) is 4.97. The molecule has 0 radical (unpaired) electrons. The maximum atomic E-state index is 14.7. The van der Waals surface area contributed by atoms with E-state index in [1.807, 2.05) is 0 Å². The molecule has 0 spiro atoms. The highest BCUT2D eigenvalue weighted by Crippen LogP contribution is 2.30. The Morgan fingerprint density at radius 2 is 1.74 bits per heavy atom. The number of hydrogen-bond acceptors (Lipinski definition) is 4. The van der Waals surface area contributed by atoms with Gasteiger partial charge in [-0.25, -0.2) is 18.2 Å². The highest BCUT2D eigenvalue weighted by atomic mass is 35.5. The highest BCUT2D eigenvalue weighted by Gasteiger charge is 2.24. The molecular formula is C24H14ClF3N2O4. The van der Waals surface area contributed by atoms with Gasteiger partial charge in [-0.05, 0) is 47.5 Å². The predicted octanol–water partition coefficient (Wildman–Crippen LogP) is 5.77. The lowest BCUT2D eigenvalue weighted by Crippen LogP contribution is -2.14. The number of carbonyl (C=O) groups excluding carboxylic acids is 1. The zero-order valence-corrected chi connectivity index (χ0v) is 17.8. The van der Waals surface area contributed by atoms with Crippen LogP contribution in [-0.4, -0.2) is 22.0 Å². The van der Waals surface area contributed by atoms with Gasteiger partial charge in [0.2, 0.25) is 5.91 Å². The number of fused-ring (bicyclic) bond motifs is 1. The maximum Gasteiger partial charge on any atom is 0.315 e. The van der Waals surface area contributed by atoms with E-state index in [1.165, 1.54) is 24.6 Å². The van der Waals surface area contributed by atoms with E-state index in [-0.39, 0.29) is 21.8 Å². The number of aliphatic carboxylic acids is 1. The fourth-order valence-electron chi connectivity index (χ4n) is 3.35. The summed E-state index contributed by atoms with van der Waals surface area (Å²) in [6.45, 7) is 0. The third-order valence-corrected chi connectivity index (χ3v) is 5.26. The van der Waals surface area contributed by atoms with Gasteiger partial charge in [-0.2, -0.15) is 0 Å². The minimum absolute atomic E-state index is 0.134. The van der Waals surface area contributed by atoms with Crippen LogP contribution in [0.5, 0.6) is 0 Å². The third kappa shape index (κ3) is 4.79. The molecule has 6 nitrogen and oxygen atoms in total. The van der Waals surface area contributed by atoms with Crippen LogP contribution in [0.2, 0.25) is 5.02 Å². The molecule has 0 saturated heterocycles. The smallest absolute Gasteiger partial charge is 0.315 e. The summed E-state index contributed by atoms with van der Waals surface area (Å²) in [6, 6.07) is 9.84. The summed E-state index contributed by atoms with van der Waals surface area (Å²) in [5, 5.41) is 11.7. The number of carbonyl (C=O) groups is 2. The lowest BCUT2D eigenvalue weighted by Gasteiger charge is -2.14. The summed E-state index contributed by atoms with van der Waals surface area (Å²) in [7, 11) is 0. The molecule has 1 aromatic heterocycles. The molecular weight excluding hydrogens is 473 g/mol. The predicted molar refractivity (Wildman–Crippen MR) is 119 cm³/mol. The first-order chi connectivity index (χ1) is 16.2. The Kier molecular flexibility index (Phi) is 6.38. The minimum Gasteiger partial charge on any atom is -0.481 e. The molecule has 4 rings (SSSR count). The molecule has 4 aromatic rings. The molecule has 0 aliphatic carbocycles. The van der Waals surface area contributed by atoms with Crippen LogP contribution in [-0.2, 0) is 9.59 Å². The first-order valence-corrected chi connectivity index (χ1v) is 10.1. The number of hydrogen-bond donors (Lipinski definition) is 2. The summed E-state index contributed by atoms with van der Waals surface area (Å²) < 4.78 is 46.8. The van der Waals surface area contributed by atoms with Crippen LogP contribution in [0.25, 0.3) is 17.2 Å². The Balaban J connectivity index is 1.54. The normalized spacial score (nSPS) is 12.2. The van der Waals surface area contributed by atoms with Gasteiger partial charge in [0.1, 0.15) is 28.9 Å². The number of oxazole rings is 1. The molecule has 1 unspecified atom stereocenters. The van der Waals surface area contributed by atoms with Gasteiger partial charge in [-0.1, -0.05) is 23.7 Å². The van der Waals surface area contributed by atoms with Gasteiger partial charge in [-0.3, -0.25) is 9.59 Å². The van der Waals surface area contributed by atoms with Gasteiger partial charge in [0.05, 0.1) is 10.7 Å². The number of rotatable bonds is 6. The monoisotopic (exact) mass is 486 g/mol. The second-order valence-corrected chi connectivity index (χ2v) is 7.61. The summed E-state index contributed by atoms with van der Waals surface area (Å²) >= 11 is 5.61. The fraction of sp³-hybridized carbons (Fsp3) is 0.0417. The van der Waals surface area contributed by atoms with Crippen molar-refractivity contribution in [1.82, 2.24) is 4.98 Å². The van der Waals surface area contributed by atoms with Crippen molar-refractivity contribution in [3.8, 4) is 0 Å². The second-order valence-electron chi connectivity index (χ2n) is 7.20. The number of aromatic nitrogens is 1. The molecule has 10 heteroatoms. The number of anilines is 1. The molecule has 1 heterocycles. The van der Waals surface area contributed by atoms with Crippen molar-refractivity contribution in [2.24, 2.45) is 0 Å². The van der Waals surface area contributed by atoms with Crippen LogP contribution >= 0.6 is 11.6 Å². The molecule has 0 bridgehead atoms. The Morgan fingerprint density at radius 3 is 2.47 bits per heavy atom. The van der Waals surface area contributed by atoms with Gasteiger partial charge >= 0.3 is 5.97 Å². The van der Waals surface area contributed by atoms with Crippen LogP contribution in [0.1, 0.15) is 22.6 Å². The van der Waals surface area contributed by atoms with Crippen molar-refractivity contribution >= 4 is 46.3 Å². The van der Waals surface area contributed by atoms with E-state index in [0.29, 0.717) is 22.7 Å². The lowest BCUT2D eigenvalue weighted by atomic mass is 9.91. The van der Waals surface area contributed by atoms with Crippen molar-refractivity contribution in [3.05, 3.63) is 100 Å². The number of halogens is 4. The molecule has 172 valence electrons. The Labute approximate surface area is 195 Å². The molecule has 0 aliphatic heterocycles. The Morgan fingerprint density at radius 1 is 1.00 bits per heavy atom. The van der Waals surface area contributed by atoms with E-state index >= 15 is 0 Å². The average molecular weight is 487 g/mol. The SMILES string of the molecule is O=C(C=Cc1cc(Cl)c(F)cc1F)Nc1ccc(C(C(=O)O)c2ccc3ocnc3c2)cc1F. The minimum atomic E-state index is -1.21. The first kappa shape index (κ1) is 23.1. The number of carboxylic acid groups (broad SMARTS) is 1. The van der Waals surface area contributed by atoms with E-state index in [2.05, 4.69) is 10.3 Å². The van der Waals surface area contributed by atoms with E-state index in [9.17, 15) is 27.9 Å². The van der Waals surface area contributed by atoms with Crippen molar-refractivity contribution in [2.75, 3.05) is 5.32 Å². The molecule has 1 amide bonds. The zero-order chi connectivity index (χ0) is 24.4. The van der Waals surface area contributed by atoms with Crippen LogP contribution in [0.15, 0.2) is 65.4 Å². The lowest BCUT2D eigenvalue weighted by molar-refractivity contribution is -0.137. The van der Waals surface area contributed by atoms with Gasteiger partial charge in [0, 0.05) is 17.7 Å². The second kappa shape index (κ2) is 9.40. The first-order valence-electron chi connectivity index (χ1n) is 9.72. The van der Waals surface area contributed by atoms with Crippen LogP contribution in [0.3, 0.4) is 0 Å². The van der Waals surface area contributed by atoms with Gasteiger partial charge in [0.25, 0.3) is 0 Å². The van der Waals surface area contributed by atoms with Crippen LogP contribution in [0.4, 0.5) is 18.9 Å². The highest BCUT2D eigenvalue weighted by molar-refractivity contribution is 6.30. The zero-order valence-electron chi connectivity index (χ0n) is 17.1. The summed E-state index contributed by atoms with van der Waals surface area (Å²) in [4.78, 5) is 28.1. The molecule has 1 atom stereocenters. The van der Waals surface area contributed by atoms with Gasteiger partial charge in [-0.15, -0.1) is 0 Å². The molecule has 0 aliphatic rings. The van der Waals surface area contributed by atoms with E-state index in [1.54, 1.807) is 12.1 Å². The fourth-order valence-corrected chi connectivity index (χ4v) is 3.52. The van der Waals surface area contributed by atoms with E-state index < -0.39 is 35.2 Å².